The first-order chi connectivity index (χ1) is 8.70. The summed E-state index contributed by atoms with van der Waals surface area (Å²) in [5.41, 5.74) is 6.97. The molecule has 7 heteroatoms. The molecule has 0 saturated carbocycles. The Morgan fingerprint density at radius 1 is 1.44 bits per heavy atom. The fourth-order valence-electron chi connectivity index (χ4n) is 1.35. The van der Waals surface area contributed by atoms with Gasteiger partial charge in [0, 0.05) is 18.2 Å². The first kappa shape index (κ1) is 12.2. The van der Waals surface area contributed by atoms with Gasteiger partial charge in [0.25, 0.3) is 0 Å². The zero-order chi connectivity index (χ0) is 13.0. The molecule has 0 bridgehead atoms. The smallest absolute Gasteiger partial charge is 0.228 e. The standard InChI is InChI=1S/C11H14N6O/c1-8(6-12)11(18)14-9-2-4-10(5-3-9)17-7-13-15-16-17/h2-5,7-8H,6,12H2,1H3,(H,14,18). The van der Waals surface area contributed by atoms with Gasteiger partial charge in [-0.2, -0.15) is 0 Å². The third kappa shape index (κ3) is 2.69. The fraction of sp³-hybridized carbons (Fsp3) is 0.273. The van der Waals surface area contributed by atoms with Crippen molar-refractivity contribution >= 4 is 11.6 Å². The molecule has 0 spiro atoms. The van der Waals surface area contributed by atoms with Gasteiger partial charge >= 0.3 is 0 Å². The van der Waals surface area contributed by atoms with E-state index in [1.54, 1.807) is 19.1 Å². The Bertz CT molecular complexity index is 507. The number of anilines is 1. The molecule has 0 fully saturated rings. The maximum atomic E-state index is 11.6. The third-order valence-corrected chi connectivity index (χ3v) is 2.55. The summed E-state index contributed by atoms with van der Waals surface area (Å²) in [6.07, 6.45) is 1.50. The second-order valence-corrected chi connectivity index (χ2v) is 3.93. The van der Waals surface area contributed by atoms with Crippen molar-refractivity contribution in [3.63, 3.8) is 0 Å². The van der Waals surface area contributed by atoms with Gasteiger partial charge in [-0.15, -0.1) is 5.10 Å². The number of nitrogens with zero attached hydrogens (tertiary/aromatic N) is 4. The number of hydrogen-bond acceptors (Lipinski definition) is 5. The quantitative estimate of drug-likeness (QED) is 0.802. The number of tetrazole rings is 1. The summed E-state index contributed by atoms with van der Waals surface area (Å²) in [6.45, 7) is 2.11. The van der Waals surface area contributed by atoms with Crippen molar-refractivity contribution in [3.8, 4) is 5.69 Å². The predicted octanol–water partition coefficient (Wildman–Crippen LogP) is 0.196. The molecule has 1 heterocycles. The highest BCUT2D eigenvalue weighted by atomic mass is 16.1. The number of amides is 1. The SMILES string of the molecule is CC(CN)C(=O)Nc1ccc(-n2cnnn2)cc1. The second kappa shape index (κ2) is 5.37. The van der Waals surface area contributed by atoms with Crippen LogP contribution in [0.1, 0.15) is 6.92 Å². The summed E-state index contributed by atoms with van der Waals surface area (Å²) in [5, 5.41) is 13.7. The van der Waals surface area contributed by atoms with Gasteiger partial charge in [-0.3, -0.25) is 4.79 Å². The zero-order valence-electron chi connectivity index (χ0n) is 9.95. The number of rotatable bonds is 4. The Hall–Kier alpha value is -2.28. The van der Waals surface area contributed by atoms with Crippen LogP contribution in [0, 0.1) is 5.92 Å². The summed E-state index contributed by atoms with van der Waals surface area (Å²) in [4.78, 5) is 11.6. The molecule has 0 aliphatic rings. The van der Waals surface area contributed by atoms with Crippen molar-refractivity contribution in [1.29, 1.82) is 0 Å². The largest absolute Gasteiger partial charge is 0.330 e. The van der Waals surface area contributed by atoms with Crippen molar-refractivity contribution in [2.45, 2.75) is 6.92 Å². The van der Waals surface area contributed by atoms with Gasteiger partial charge in [0.2, 0.25) is 5.91 Å². The molecule has 1 aromatic heterocycles. The van der Waals surface area contributed by atoms with Crippen LogP contribution in [0.5, 0.6) is 0 Å². The number of nitrogens with one attached hydrogen (secondary N) is 1. The summed E-state index contributed by atoms with van der Waals surface area (Å²) < 4.78 is 1.54. The third-order valence-electron chi connectivity index (χ3n) is 2.55. The van der Waals surface area contributed by atoms with Gasteiger partial charge in [0.1, 0.15) is 6.33 Å². The lowest BCUT2D eigenvalue weighted by atomic mass is 10.1. The van der Waals surface area contributed by atoms with Crippen molar-refractivity contribution < 1.29 is 4.79 Å². The van der Waals surface area contributed by atoms with Crippen molar-refractivity contribution in [2.75, 3.05) is 11.9 Å². The number of nitrogens with two attached hydrogens (primary N) is 1. The molecule has 0 saturated heterocycles. The molecule has 2 aromatic rings. The lowest BCUT2D eigenvalue weighted by molar-refractivity contribution is -0.119. The van der Waals surface area contributed by atoms with Gasteiger partial charge in [-0.25, -0.2) is 4.68 Å². The number of hydrogen-bond donors (Lipinski definition) is 2. The molecule has 94 valence electrons. The van der Waals surface area contributed by atoms with Crippen LogP contribution in [0.2, 0.25) is 0 Å². The monoisotopic (exact) mass is 246 g/mol. The molecule has 18 heavy (non-hydrogen) atoms. The molecular weight excluding hydrogens is 232 g/mol. The maximum absolute atomic E-state index is 11.6. The van der Waals surface area contributed by atoms with Crippen LogP contribution >= 0.6 is 0 Å². The first-order valence-corrected chi connectivity index (χ1v) is 5.55. The molecule has 1 aromatic carbocycles. The van der Waals surface area contributed by atoms with Crippen LogP contribution in [0.25, 0.3) is 5.69 Å². The fourth-order valence-corrected chi connectivity index (χ4v) is 1.35. The highest BCUT2D eigenvalue weighted by Gasteiger charge is 2.10. The summed E-state index contributed by atoms with van der Waals surface area (Å²) >= 11 is 0. The van der Waals surface area contributed by atoms with E-state index in [1.807, 2.05) is 12.1 Å². The van der Waals surface area contributed by atoms with E-state index < -0.39 is 0 Å². The normalized spacial score (nSPS) is 12.1. The molecule has 0 radical (unpaired) electrons. The Balaban J connectivity index is 2.06. The molecular formula is C11H14N6O. The Morgan fingerprint density at radius 3 is 2.72 bits per heavy atom. The molecule has 0 aliphatic carbocycles. The zero-order valence-corrected chi connectivity index (χ0v) is 9.95. The minimum atomic E-state index is -0.204. The predicted molar refractivity (Wildman–Crippen MR) is 66.0 cm³/mol. The van der Waals surface area contributed by atoms with Crippen LogP contribution in [0.15, 0.2) is 30.6 Å². The molecule has 2 rings (SSSR count). The van der Waals surface area contributed by atoms with E-state index in [0.717, 1.165) is 11.4 Å². The van der Waals surface area contributed by atoms with Gasteiger partial charge in [0.15, 0.2) is 0 Å². The number of benzene rings is 1. The first-order valence-electron chi connectivity index (χ1n) is 5.55. The van der Waals surface area contributed by atoms with E-state index in [0.29, 0.717) is 6.54 Å². The average Bonchev–Trinajstić information content (AvgIpc) is 2.92. The van der Waals surface area contributed by atoms with E-state index in [9.17, 15) is 4.79 Å². The van der Waals surface area contributed by atoms with E-state index >= 15 is 0 Å². The van der Waals surface area contributed by atoms with Crippen molar-refractivity contribution in [1.82, 2.24) is 20.2 Å². The van der Waals surface area contributed by atoms with Crippen LogP contribution in [0.3, 0.4) is 0 Å². The van der Waals surface area contributed by atoms with Gasteiger partial charge < -0.3 is 11.1 Å². The second-order valence-electron chi connectivity index (χ2n) is 3.93. The Kier molecular flexibility index (Phi) is 3.63. The van der Waals surface area contributed by atoms with Crippen LogP contribution in [-0.2, 0) is 4.79 Å². The number of aromatic nitrogens is 4. The lowest BCUT2D eigenvalue weighted by Gasteiger charge is -2.10. The highest BCUT2D eigenvalue weighted by molar-refractivity contribution is 5.92. The Labute approximate surface area is 104 Å². The Morgan fingerprint density at radius 2 is 2.17 bits per heavy atom. The van der Waals surface area contributed by atoms with Crippen LogP contribution in [-0.4, -0.2) is 32.7 Å². The lowest BCUT2D eigenvalue weighted by Crippen LogP contribution is -2.26. The number of carbonyl (C=O) groups is 1. The minimum absolute atomic E-state index is 0.0901. The number of carbonyl (C=O) groups excluding carboxylic acids is 1. The topological polar surface area (TPSA) is 98.7 Å². The molecule has 7 nitrogen and oxygen atoms in total. The highest BCUT2D eigenvalue weighted by Crippen LogP contribution is 2.12. The summed E-state index contributed by atoms with van der Waals surface area (Å²) in [7, 11) is 0. The van der Waals surface area contributed by atoms with E-state index in [1.165, 1.54) is 11.0 Å². The summed E-state index contributed by atoms with van der Waals surface area (Å²) in [6, 6.07) is 7.22. The summed E-state index contributed by atoms with van der Waals surface area (Å²) in [5.74, 6) is -0.295. The van der Waals surface area contributed by atoms with E-state index in [4.69, 9.17) is 5.73 Å². The molecule has 3 N–H and O–H groups in total. The van der Waals surface area contributed by atoms with Gasteiger partial charge in [-0.05, 0) is 34.7 Å². The van der Waals surface area contributed by atoms with Gasteiger partial charge in [-0.1, -0.05) is 6.92 Å². The minimum Gasteiger partial charge on any atom is -0.330 e. The molecule has 1 amide bonds. The van der Waals surface area contributed by atoms with Crippen LogP contribution in [0.4, 0.5) is 5.69 Å². The van der Waals surface area contributed by atoms with Crippen molar-refractivity contribution in [2.24, 2.45) is 11.7 Å². The van der Waals surface area contributed by atoms with Crippen molar-refractivity contribution in [3.05, 3.63) is 30.6 Å². The van der Waals surface area contributed by atoms with Gasteiger partial charge in [0.05, 0.1) is 5.69 Å². The molecule has 0 aliphatic heterocycles. The average molecular weight is 246 g/mol. The maximum Gasteiger partial charge on any atom is 0.228 e. The van der Waals surface area contributed by atoms with Crippen LogP contribution < -0.4 is 11.1 Å². The van der Waals surface area contributed by atoms with E-state index in [2.05, 4.69) is 20.8 Å². The molecule has 1 atom stereocenters. The molecule has 1 unspecified atom stereocenters. The van der Waals surface area contributed by atoms with E-state index in [-0.39, 0.29) is 11.8 Å².